The van der Waals surface area contributed by atoms with Gasteiger partial charge in [-0.25, -0.2) is 8.78 Å². The zero-order valence-electron chi connectivity index (χ0n) is 18.4. The number of fused-ring (bicyclic) bond motifs is 1. The van der Waals surface area contributed by atoms with Crippen molar-refractivity contribution in [1.29, 1.82) is 0 Å². The van der Waals surface area contributed by atoms with Crippen LogP contribution in [-0.4, -0.2) is 33.8 Å². The smallest absolute Gasteiger partial charge is 0.254 e. The fraction of sp³-hybridized carbons (Fsp3) is 0.625. The molecule has 168 valence electrons. The lowest BCUT2D eigenvalue weighted by Gasteiger charge is -2.35. The highest BCUT2D eigenvalue weighted by molar-refractivity contribution is 5.80. The van der Waals surface area contributed by atoms with E-state index in [0.717, 1.165) is 35.0 Å². The minimum absolute atomic E-state index is 0.0237. The van der Waals surface area contributed by atoms with E-state index in [-0.39, 0.29) is 48.1 Å². The van der Waals surface area contributed by atoms with Crippen molar-refractivity contribution in [3.05, 3.63) is 39.9 Å². The Hall–Kier alpha value is -2.31. The monoisotopic (exact) mass is 431 g/mol. The van der Waals surface area contributed by atoms with Crippen LogP contribution in [0.1, 0.15) is 62.6 Å². The molecule has 4 rings (SSSR count). The standard InChI is InChI=1S/C24H31F2N3O2/c1-13-4-5-15(23(30)28-17-6-7-20(25)21(26)11-17)9-18(13)19-10-16-12-27-14(2)8-22(16)29(3)24(19)31/h8,10,12-13,15,17-18,20-21H,4-7,9,11H2,1-3H3,(H,28,30). The van der Waals surface area contributed by atoms with Crippen LogP contribution in [0.25, 0.3) is 10.9 Å². The summed E-state index contributed by atoms with van der Waals surface area (Å²) in [5.74, 6) is -0.0607. The third kappa shape index (κ3) is 4.37. The number of aromatic nitrogens is 2. The highest BCUT2D eigenvalue weighted by Crippen LogP contribution is 2.40. The average Bonchev–Trinajstić information content (AvgIpc) is 2.74. The summed E-state index contributed by atoms with van der Waals surface area (Å²) in [4.78, 5) is 30.4. The lowest BCUT2D eigenvalue weighted by molar-refractivity contribution is -0.127. The van der Waals surface area contributed by atoms with Crippen LogP contribution in [0.15, 0.2) is 23.1 Å². The number of nitrogens with one attached hydrogen (secondary N) is 1. The quantitative estimate of drug-likeness (QED) is 0.796. The Bertz CT molecular complexity index is 1040. The minimum Gasteiger partial charge on any atom is -0.353 e. The molecule has 2 aliphatic carbocycles. The fourth-order valence-corrected chi connectivity index (χ4v) is 5.28. The molecule has 31 heavy (non-hydrogen) atoms. The molecule has 5 nitrogen and oxygen atoms in total. The molecule has 0 aliphatic heterocycles. The summed E-state index contributed by atoms with van der Waals surface area (Å²) in [6.07, 6.45) is 1.71. The first-order chi connectivity index (χ1) is 14.7. The molecule has 7 heteroatoms. The van der Waals surface area contributed by atoms with E-state index in [2.05, 4.69) is 17.2 Å². The van der Waals surface area contributed by atoms with Crippen molar-refractivity contribution in [2.24, 2.45) is 18.9 Å². The van der Waals surface area contributed by atoms with Gasteiger partial charge in [0.25, 0.3) is 5.56 Å². The molecular weight excluding hydrogens is 400 g/mol. The van der Waals surface area contributed by atoms with Crippen LogP contribution in [-0.2, 0) is 11.8 Å². The van der Waals surface area contributed by atoms with Crippen LogP contribution in [0, 0.1) is 18.8 Å². The molecule has 0 radical (unpaired) electrons. The third-order valence-electron chi connectivity index (χ3n) is 7.28. The van der Waals surface area contributed by atoms with Gasteiger partial charge in [-0.3, -0.25) is 14.6 Å². The van der Waals surface area contributed by atoms with Crippen molar-refractivity contribution in [2.75, 3.05) is 0 Å². The number of nitrogens with zero attached hydrogens (tertiary/aromatic N) is 2. The summed E-state index contributed by atoms with van der Waals surface area (Å²) in [6, 6.07) is 3.53. The molecule has 1 N–H and O–H groups in total. The first-order valence-electron chi connectivity index (χ1n) is 11.3. The second kappa shape index (κ2) is 8.67. The predicted molar refractivity (Wildman–Crippen MR) is 117 cm³/mol. The van der Waals surface area contributed by atoms with E-state index < -0.39 is 12.3 Å². The van der Waals surface area contributed by atoms with Gasteiger partial charge in [-0.2, -0.15) is 0 Å². The summed E-state index contributed by atoms with van der Waals surface area (Å²) in [5, 5.41) is 3.86. The van der Waals surface area contributed by atoms with Crippen LogP contribution in [0.3, 0.4) is 0 Å². The van der Waals surface area contributed by atoms with Crippen LogP contribution < -0.4 is 10.9 Å². The Morgan fingerprint density at radius 2 is 1.90 bits per heavy atom. The zero-order chi connectivity index (χ0) is 22.3. The van der Waals surface area contributed by atoms with Crippen LogP contribution in [0.5, 0.6) is 0 Å². The lowest BCUT2D eigenvalue weighted by atomic mass is 9.71. The van der Waals surface area contributed by atoms with E-state index in [9.17, 15) is 18.4 Å². The number of carbonyl (C=O) groups is 1. The molecule has 0 spiro atoms. The van der Waals surface area contributed by atoms with Gasteiger partial charge in [0, 0.05) is 48.3 Å². The van der Waals surface area contributed by atoms with Gasteiger partial charge in [-0.15, -0.1) is 0 Å². The second-order valence-electron chi connectivity index (χ2n) is 9.49. The maximum absolute atomic E-state index is 13.7. The number of hydrogen-bond acceptors (Lipinski definition) is 3. The molecule has 2 fully saturated rings. The van der Waals surface area contributed by atoms with E-state index in [1.54, 1.807) is 17.8 Å². The highest BCUT2D eigenvalue weighted by Gasteiger charge is 2.36. The molecule has 2 aliphatic rings. The Balaban J connectivity index is 1.54. The number of rotatable bonds is 3. The van der Waals surface area contributed by atoms with E-state index in [0.29, 0.717) is 12.8 Å². The second-order valence-corrected chi connectivity index (χ2v) is 9.49. The molecule has 0 aromatic carbocycles. The van der Waals surface area contributed by atoms with Crippen LogP contribution in [0.2, 0.25) is 0 Å². The third-order valence-corrected chi connectivity index (χ3v) is 7.28. The van der Waals surface area contributed by atoms with Gasteiger partial charge in [-0.05, 0) is 63.0 Å². The Kier molecular flexibility index (Phi) is 6.13. The van der Waals surface area contributed by atoms with E-state index >= 15 is 0 Å². The first kappa shape index (κ1) is 21.9. The molecule has 1 amide bonds. The van der Waals surface area contributed by atoms with Gasteiger partial charge in [-0.1, -0.05) is 6.92 Å². The number of amides is 1. The maximum atomic E-state index is 13.7. The zero-order valence-corrected chi connectivity index (χ0v) is 18.4. The number of hydrogen-bond donors (Lipinski definition) is 1. The van der Waals surface area contributed by atoms with Gasteiger partial charge in [0.05, 0.1) is 5.52 Å². The maximum Gasteiger partial charge on any atom is 0.254 e. The summed E-state index contributed by atoms with van der Waals surface area (Å²) in [7, 11) is 1.78. The van der Waals surface area contributed by atoms with E-state index in [1.165, 1.54) is 0 Å². The Morgan fingerprint density at radius 3 is 2.65 bits per heavy atom. The van der Waals surface area contributed by atoms with Gasteiger partial charge in [0.1, 0.15) is 12.3 Å². The number of carbonyl (C=O) groups excluding carboxylic acids is 1. The van der Waals surface area contributed by atoms with E-state index in [4.69, 9.17) is 0 Å². The SMILES string of the molecule is Cc1cc2c(cn1)cc(C1CC(C(=O)NC3CCC(F)C(F)C3)CCC1C)c(=O)n2C. The normalized spacial score (nSPS) is 31.5. The van der Waals surface area contributed by atoms with Crippen molar-refractivity contribution in [3.63, 3.8) is 0 Å². The molecule has 2 heterocycles. The van der Waals surface area contributed by atoms with Crippen molar-refractivity contribution in [1.82, 2.24) is 14.9 Å². The Labute approximate surface area is 181 Å². The molecule has 0 bridgehead atoms. The van der Waals surface area contributed by atoms with Gasteiger partial charge < -0.3 is 9.88 Å². The molecule has 2 aromatic heterocycles. The number of aryl methyl sites for hydroxylation is 2. The highest BCUT2D eigenvalue weighted by atomic mass is 19.2. The fourth-order valence-electron chi connectivity index (χ4n) is 5.28. The van der Waals surface area contributed by atoms with Crippen molar-refractivity contribution >= 4 is 16.8 Å². The summed E-state index contributed by atoms with van der Waals surface area (Å²) >= 11 is 0. The predicted octanol–water partition coefficient (Wildman–Crippen LogP) is 4.11. The van der Waals surface area contributed by atoms with E-state index in [1.807, 2.05) is 19.1 Å². The summed E-state index contributed by atoms with van der Waals surface area (Å²) in [5.41, 5.74) is 2.41. The minimum atomic E-state index is -1.50. The van der Waals surface area contributed by atoms with Gasteiger partial charge in [0.15, 0.2) is 0 Å². The molecule has 2 saturated carbocycles. The molecule has 6 atom stereocenters. The van der Waals surface area contributed by atoms with Gasteiger partial charge >= 0.3 is 0 Å². The molecule has 0 saturated heterocycles. The Morgan fingerprint density at radius 1 is 1.13 bits per heavy atom. The molecule has 6 unspecified atom stereocenters. The number of pyridine rings is 2. The summed E-state index contributed by atoms with van der Waals surface area (Å²) in [6.45, 7) is 4.03. The average molecular weight is 432 g/mol. The topological polar surface area (TPSA) is 64.0 Å². The number of alkyl halides is 2. The largest absolute Gasteiger partial charge is 0.353 e. The molecule has 2 aromatic rings. The lowest BCUT2D eigenvalue weighted by Crippen LogP contribution is -2.45. The van der Waals surface area contributed by atoms with Crippen LogP contribution >= 0.6 is 0 Å². The van der Waals surface area contributed by atoms with Crippen molar-refractivity contribution in [2.45, 2.75) is 76.7 Å². The van der Waals surface area contributed by atoms with Crippen molar-refractivity contribution in [3.8, 4) is 0 Å². The summed E-state index contributed by atoms with van der Waals surface area (Å²) < 4.78 is 28.8. The van der Waals surface area contributed by atoms with Crippen molar-refractivity contribution < 1.29 is 13.6 Å². The van der Waals surface area contributed by atoms with Gasteiger partial charge in [0.2, 0.25) is 5.91 Å². The first-order valence-corrected chi connectivity index (χ1v) is 11.3. The molecular formula is C24H31F2N3O2. The number of halogens is 2. The van der Waals surface area contributed by atoms with Crippen LogP contribution in [0.4, 0.5) is 8.78 Å².